The lowest BCUT2D eigenvalue weighted by Crippen LogP contribution is -2.14. The fraction of sp³-hybridized carbons (Fsp3) is 0.538. The fourth-order valence-corrected chi connectivity index (χ4v) is 4.93. The van der Waals surface area contributed by atoms with Gasteiger partial charge in [0.1, 0.15) is 0 Å². The Morgan fingerprint density at radius 3 is 2.00 bits per heavy atom. The first-order valence-corrected chi connectivity index (χ1v) is 11.0. The van der Waals surface area contributed by atoms with Gasteiger partial charge in [0, 0.05) is 6.08 Å². The van der Waals surface area contributed by atoms with Crippen LogP contribution in [-0.4, -0.2) is 0 Å². The molecular weight excluding hydrogens is 340 g/mol. The van der Waals surface area contributed by atoms with Crippen LogP contribution in [0.4, 0.5) is 0 Å². The molecule has 28 heavy (non-hydrogen) atoms. The van der Waals surface area contributed by atoms with Crippen molar-refractivity contribution in [2.24, 2.45) is 17.8 Å². The van der Waals surface area contributed by atoms with Gasteiger partial charge in [-0.05, 0) is 106 Å². The van der Waals surface area contributed by atoms with Gasteiger partial charge in [-0.1, -0.05) is 30.4 Å². The zero-order chi connectivity index (χ0) is 19.6. The highest BCUT2D eigenvalue weighted by molar-refractivity contribution is 5.33. The molecule has 0 aromatic heterocycles. The molecule has 0 N–H and O–H groups in total. The topological polar surface area (TPSA) is 47.6 Å². The van der Waals surface area contributed by atoms with E-state index < -0.39 is 0 Å². The van der Waals surface area contributed by atoms with E-state index in [1.165, 1.54) is 63.4 Å². The zero-order valence-electron chi connectivity index (χ0n) is 16.9. The average molecular weight is 373 g/mol. The molecule has 2 aliphatic rings. The van der Waals surface area contributed by atoms with E-state index >= 15 is 0 Å². The number of benzene rings is 1. The van der Waals surface area contributed by atoms with Crippen molar-refractivity contribution in [3.05, 3.63) is 59.7 Å². The van der Waals surface area contributed by atoms with Crippen LogP contribution in [0.5, 0.6) is 0 Å². The summed E-state index contributed by atoms with van der Waals surface area (Å²) in [5, 5.41) is 17.5. The Balaban J connectivity index is 1.37. The molecule has 2 fully saturated rings. The Labute approximate surface area is 170 Å². The van der Waals surface area contributed by atoms with Gasteiger partial charge >= 0.3 is 0 Å². The Morgan fingerprint density at radius 2 is 1.43 bits per heavy atom. The maximum Gasteiger partial charge on any atom is 0.0991 e. The SMILES string of the molecule is N#CC=CCCC1CCC(C=CC2CCC(c3ccc(C#N)cc3)CC2)CC1. The van der Waals surface area contributed by atoms with Crippen LogP contribution in [-0.2, 0) is 0 Å². The quantitative estimate of drug-likeness (QED) is 0.396. The minimum atomic E-state index is 0.669. The third-order valence-electron chi connectivity index (χ3n) is 6.76. The second-order valence-corrected chi connectivity index (χ2v) is 8.62. The molecule has 2 heteroatoms. The Kier molecular flexibility index (Phi) is 7.93. The van der Waals surface area contributed by atoms with Gasteiger partial charge in [-0.3, -0.25) is 0 Å². The van der Waals surface area contributed by atoms with Crippen LogP contribution in [0.15, 0.2) is 48.6 Å². The molecule has 3 rings (SSSR count). The van der Waals surface area contributed by atoms with Gasteiger partial charge in [-0.15, -0.1) is 0 Å². The van der Waals surface area contributed by atoms with Crippen LogP contribution in [0.1, 0.15) is 81.3 Å². The van der Waals surface area contributed by atoms with Crippen LogP contribution < -0.4 is 0 Å². The molecule has 2 aliphatic carbocycles. The molecule has 0 radical (unpaired) electrons. The molecule has 0 unspecified atom stereocenters. The first kappa shape index (κ1) is 20.4. The van der Waals surface area contributed by atoms with Gasteiger partial charge in [-0.2, -0.15) is 10.5 Å². The van der Waals surface area contributed by atoms with E-state index in [1.54, 1.807) is 6.08 Å². The van der Waals surface area contributed by atoms with Gasteiger partial charge in [0.05, 0.1) is 17.7 Å². The van der Waals surface area contributed by atoms with Crippen LogP contribution in [0, 0.1) is 40.4 Å². The maximum atomic E-state index is 8.94. The first-order valence-electron chi connectivity index (χ1n) is 11.0. The first-order chi connectivity index (χ1) is 13.8. The summed E-state index contributed by atoms with van der Waals surface area (Å²) in [6, 6.07) is 12.5. The normalized spacial score (nSPS) is 28.2. The minimum Gasteiger partial charge on any atom is -0.193 e. The fourth-order valence-electron chi connectivity index (χ4n) is 4.93. The summed E-state index contributed by atoms with van der Waals surface area (Å²) >= 11 is 0. The molecule has 0 saturated heterocycles. The summed E-state index contributed by atoms with van der Waals surface area (Å²) in [5.74, 6) is 3.06. The Hall–Kier alpha value is -2.32. The number of allylic oxidation sites excluding steroid dienone is 4. The maximum absolute atomic E-state index is 8.94. The van der Waals surface area contributed by atoms with Crippen molar-refractivity contribution in [2.75, 3.05) is 0 Å². The lowest BCUT2D eigenvalue weighted by Gasteiger charge is -2.29. The molecule has 0 bridgehead atoms. The summed E-state index contributed by atoms with van der Waals surface area (Å²) in [5.41, 5.74) is 2.16. The summed E-state index contributed by atoms with van der Waals surface area (Å²) in [6.45, 7) is 0. The Morgan fingerprint density at radius 1 is 0.821 bits per heavy atom. The minimum absolute atomic E-state index is 0.669. The standard InChI is InChI=1S/C26H32N2/c27-19-3-1-2-4-21-5-7-22(8-6-21)9-10-23-11-15-25(16-12-23)26-17-13-24(20-28)14-18-26/h1,3,9-10,13-14,17-18,21-23,25H,2,4-8,11-12,15-16H2. The van der Waals surface area contributed by atoms with Crippen LogP contribution in [0.25, 0.3) is 0 Å². The van der Waals surface area contributed by atoms with Gasteiger partial charge in [0.25, 0.3) is 0 Å². The molecule has 0 heterocycles. The van der Waals surface area contributed by atoms with Gasteiger partial charge in [-0.25, -0.2) is 0 Å². The monoisotopic (exact) mass is 372 g/mol. The molecule has 146 valence electrons. The van der Waals surface area contributed by atoms with Crippen molar-refractivity contribution >= 4 is 0 Å². The second kappa shape index (κ2) is 10.9. The predicted octanol–water partition coefficient (Wildman–Crippen LogP) is 7.05. The highest BCUT2D eigenvalue weighted by Gasteiger charge is 2.22. The largest absolute Gasteiger partial charge is 0.193 e. The van der Waals surface area contributed by atoms with Crippen molar-refractivity contribution < 1.29 is 0 Å². The number of hydrogen-bond donors (Lipinski definition) is 0. The van der Waals surface area contributed by atoms with Gasteiger partial charge in [0.2, 0.25) is 0 Å². The molecule has 1 aromatic rings. The summed E-state index contributed by atoms with van der Waals surface area (Å²) < 4.78 is 0. The van der Waals surface area contributed by atoms with E-state index in [-0.39, 0.29) is 0 Å². The van der Waals surface area contributed by atoms with Crippen LogP contribution in [0.3, 0.4) is 0 Å². The molecular formula is C26H32N2. The number of rotatable bonds is 6. The molecule has 2 nitrogen and oxygen atoms in total. The van der Waals surface area contributed by atoms with E-state index in [4.69, 9.17) is 10.5 Å². The molecule has 2 saturated carbocycles. The van der Waals surface area contributed by atoms with E-state index in [1.807, 2.05) is 18.2 Å². The third-order valence-corrected chi connectivity index (χ3v) is 6.76. The summed E-state index contributed by atoms with van der Waals surface area (Å²) in [4.78, 5) is 0. The number of nitrogens with zero attached hydrogens (tertiary/aromatic N) is 2. The smallest absolute Gasteiger partial charge is 0.0991 e. The molecule has 0 spiro atoms. The second-order valence-electron chi connectivity index (χ2n) is 8.62. The van der Waals surface area contributed by atoms with Crippen molar-refractivity contribution in [3.8, 4) is 12.1 Å². The van der Waals surface area contributed by atoms with Crippen LogP contribution in [0.2, 0.25) is 0 Å². The van der Waals surface area contributed by atoms with Crippen molar-refractivity contribution in [2.45, 2.75) is 70.1 Å². The highest BCUT2D eigenvalue weighted by atomic mass is 14.3. The summed E-state index contributed by atoms with van der Waals surface area (Å²) in [6.07, 6.45) is 21.5. The molecule has 0 amide bonds. The summed E-state index contributed by atoms with van der Waals surface area (Å²) in [7, 11) is 0. The molecule has 1 aromatic carbocycles. The van der Waals surface area contributed by atoms with Gasteiger partial charge < -0.3 is 0 Å². The molecule has 0 aliphatic heterocycles. The number of hydrogen-bond acceptors (Lipinski definition) is 2. The van der Waals surface area contributed by atoms with Crippen molar-refractivity contribution in [1.29, 1.82) is 10.5 Å². The van der Waals surface area contributed by atoms with E-state index in [0.717, 1.165) is 29.7 Å². The predicted molar refractivity (Wildman–Crippen MR) is 114 cm³/mol. The van der Waals surface area contributed by atoms with E-state index in [2.05, 4.69) is 36.4 Å². The average Bonchev–Trinajstić information content (AvgIpc) is 2.76. The molecule has 0 atom stereocenters. The zero-order valence-corrected chi connectivity index (χ0v) is 16.9. The van der Waals surface area contributed by atoms with Gasteiger partial charge in [0.15, 0.2) is 0 Å². The van der Waals surface area contributed by atoms with Crippen LogP contribution >= 0.6 is 0 Å². The lowest BCUT2D eigenvalue weighted by molar-refractivity contribution is 0.295. The third kappa shape index (κ3) is 6.10. The lowest BCUT2D eigenvalue weighted by atomic mass is 9.77. The Bertz CT molecular complexity index is 728. The number of nitriles is 2. The van der Waals surface area contributed by atoms with E-state index in [9.17, 15) is 0 Å². The van der Waals surface area contributed by atoms with E-state index in [0.29, 0.717) is 5.92 Å². The van der Waals surface area contributed by atoms with Crippen molar-refractivity contribution in [3.63, 3.8) is 0 Å². The van der Waals surface area contributed by atoms with Crippen molar-refractivity contribution in [1.82, 2.24) is 0 Å². The highest BCUT2D eigenvalue weighted by Crippen LogP contribution is 2.37.